The van der Waals surface area contributed by atoms with Gasteiger partial charge in [0.25, 0.3) is 0 Å². The van der Waals surface area contributed by atoms with E-state index in [1.807, 2.05) is 12.1 Å². The van der Waals surface area contributed by atoms with Crippen LogP contribution in [-0.4, -0.2) is 23.7 Å². The zero-order valence-electron chi connectivity index (χ0n) is 19.8. The SMILES string of the molecule is Cc1cccc(C(CC(=O)/C=C/c2ccc3c(c2)CCC3NC(=O)OC(C)(C)C)C(F)(F)F)c1. The number of rotatable bonds is 6. The Morgan fingerprint density at radius 2 is 1.88 bits per heavy atom. The summed E-state index contributed by atoms with van der Waals surface area (Å²) >= 11 is 0. The standard InChI is InChI=1S/C27H30F3NO3/c1-17-6-5-7-20(14-17)23(27(28,29)30)16-21(32)11-8-18-9-12-22-19(15-18)10-13-24(22)31-25(33)34-26(2,3)4/h5-9,11-12,14-15,23-24H,10,13,16H2,1-4H3,(H,31,33)/b11-8+. The lowest BCUT2D eigenvalue weighted by Crippen LogP contribution is -2.34. The van der Waals surface area contributed by atoms with Crippen molar-refractivity contribution in [2.24, 2.45) is 0 Å². The fourth-order valence-corrected chi connectivity index (χ4v) is 4.11. The molecule has 2 unspecified atom stereocenters. The maximum atomic E-state index is 13.6. The molecule has 0 bridgehead atoms. The second-order valence-corrected chi connectivity index (χ2v) is 9.71. The highest BCUT2D eigenvalue weighted by Gasteiger charge is 2.41. The highest BCUT2D eigenvalue weighted by Crippen LogP contribution is 2.38. The molecule has 1 aliphatic rings. The first-order valence-corrected chi connectivity index (χ1v) is 11.3. The van der Waals surface area contributed by atoms with Crippen molar-refractivity contribution in [2.45, 2.75) is 70.7 Å². The van der Waals surface area contributed by atoms with Gasteiger partial charge < -0.3 is 10.1 Å². The molecule has 3 rings (SSSR count). The lowest BCUT2D eigenvalue weighted by atomic mass is 9.92. The van der Waals surface area contributed by atoms with Gasteiger partial charge in [-0.05, 0) is 68.9 Å². The molecule has 0 saturated carbocycles. The first-order chi connectivity index (χ1) is 15.8. The number of allylic oxidation sites excluding steroid dienone is 1. The van der Waals surface area contributed by atoms with Crippen molar-refractivity contribution in [1.29, 1.82) is 0 Å². The molecule has 1 aliphatic carbocycles. The predicted octanol–water partition coefficient (Wildman–Crippen LogP) is 6.83. The fraction of sp³-hybridized carbons (Fsp3) is 0.407. The molecule has 0 aliphatic heterocycles. The highest BCUT2D eigenvalue weighted by molar-refractivity contribution is 5.94. The van der Waals surface area contributed by atoms with E-state index in [1.165, 1.54) is 18.2 Å². The predicted molar refractivity (Wildman–Crippen MR) is 126 cm³/mol. The molecule has 182 valence electrons. The summed E-state index contributed by atoms with van der Waals surface area (Å²) in [6.07, 6.45) is -1.41. The van der Waals surface area contributed by atoms with Crippen LogP contribution in [-0.2, 0) is 16.0 Å². The van der Waals surface area contributed by atoms with Gasteiger partial charge in [-0.1, -0.05) is 54.1 Å². The third-order valence-electron chi connectivity index (χ3n) is 5.64. The van der Waals surface area contributed by atoms with Crippen molar-refractivity contribution in [2.75, 3.05) is 0 Å². The van der Waals surface area contributed by atoms with Gasteiger partial charge in [-0.3, -0.25) is 4.79 Å². The molecule has 0 fully saturated rings. The minimum atomic E-state index is -4.51. The van der Waals surface area contributed by atoms with E-state index in [2.05, 4.69) is 5.32 Å². The number of fused-ring (bicyclic) bond motifs is 1. The molecule has 0 heterocycles. The number of nitrogens with one attached hydrogen (secondary N) is 1. The smallest absolute Gasteiger partial charge is 0.408 e. The van der Waals surface area contributed by atoms with Crippen LogP contribution in [0.1, 0.15) is 73.4 Å². The molecule has 34 heavy (non-hydrogen) atoms. The number of ketones is 1. The van der Waals surface area contributed by atoms with Gasteiger partial charge in [0.15, 0.2) is 5.78 Å². The summed E-state index contributed by atoms with van der Waals surface area (Å²) < 4.78 is 46.2. The summed E-state index contributed by atoms with van der Waals surface area (Å²) in [7, 11) is 0. The van der Waals surface area contributed by atoms with Gasteiger partial charge in [-0.2, -0.15) is 13.2 Å². The van der Waals surface area contributed by atoms with E-state index >= 15 is 0 Å². The van der Waals surface area contributed by atoms with Crippen LogP contribution >= 0.6 is 0 Å². The molecule has 2 atom stereocenters. The summed E-state index contributed by atoms with van der Waals surface area (Å²) in [4.78, 5) is 24.5. The normalized spacial score (nSPS) is 16.9. The van der Waals surface area contributed by atoms with Gasteiger partial charge in [0.05, 0.1) is 12.0 Å². The molecule has 2 aromatic carbocycles. The first-order valence-electron chi connectivity index (χ1n) is 11.3. The minimum Gasteiger partial charge on any atom is -0.444 e. The first kappa shape index (κ1) is 25.5. The van der Waals surface area contributed by atoms with Gasteiger partial charge >= 0.3 is 12.3 Å². The third-order valence-corrected chi connectivity index (χ3v) is 5.64. The van der Waals surface area contributed by atoms with E-state index in [-0.39, 0.29) is 11.6 Å². The Bertz CT molecular complexity index is 1080. The average molecular weight is 474 g/mol. The van der Waals surface area contributed by atoms with Gasteiger partial charge in [0, 0.05) is 6.42 Å². The van der Waals surface area contributed by atoms with Crippen LogP contribution < -0.4 is 5.32 Å². The van der Waals surface area contributed by atoms with Gasteiger partial charge in [-0.25, -0.2) is 4.79 Å². The Labute approximate surface area is 198 Å². The van der Waals surface area contributed by atoms with Crippen LogP contribution in [0.4, 0.5) is 18.0 Å². The lowest BCUT2D eigenvalue weighted by molar-refractivity contribution is -0.155. The summed E-state index contributed by atoms with van der Waals surface area (Å²) in [5.41, 5.74) is 2.96. The number of halogens is 3. The topological polar surface area (TPSA) is 55.4 Å². The quantitative estimate of drug-likeness (QED) is 0.468. The molecular formula is C27H30F3NO3. The number of carbonyl (C=O) groups is 2. The van der Waals surface area contributed by atoms with Crippen molar-refractivity contribution in [3.8, 4) is 0 Å². The van der Waals surface area contributed by atoms with E-state index in [0.717, 1.165) is 29.5 Å². The van der Waals surface area contributed by atoms with E-state index in [1.54, 1.807) is 52.0 Å². The van der Waals surface area contributed by atoms with E-state index < -0.39 is 36.0 Å². The van der Waals surface area contributed by atoms with Crippen molar-refractivity contribution in [3.05, 3.63) is 76.4 Å². The molecular weight excluding hydrogens is 443 g/mol. The van der Waals surface area contributed by atoms with Crippen LogP contribution in [0.3, 0.4) is 0 Å². The van der Waals surface area contributed by atoms with E-state index in [0.29, 0.717) is 5.56 Å². The van der Waals surface area contributed by atoms with Crippen LogP contribution in [0.2, 0.25) is 0 Å². The number of hydrogen-bond donors (Lipinski definition) is 1. The van der Waals surface area contributed by atoms with Crippen molar-refractivity contribution in [3.63, 3.8) is 0 Å². The number of carbonyl (C=O) groups excluding carboxylic acids is 2. The molecule has 1 N–H and O–H groups in total. The lowest BCUT2D eigenvalue weighted by Gasteiger charge is -2.22. The van der Waals surface area contributed by atoms with Crippen LogP contribution in [0, 0.1) is 6.92 Å². The average Bonchev–Trinajstić information content (AvgIpc) is 3.10. The Balaban J connectivity index is 1.67. The van der Waals surface area contributed by atoms with Gasteiger partial charge in [0.2, 0.25) is 0 Å². The maximum absolute atomic E-state index is 13.6. The molecule has 0 saturated heterocycles. The monoisotopic (exact) mass is 473 g/mol. The van der Waals surface area contributed by atoms with Crippen molar-refractivity contribution in [1.82, 2.24) is 5.32 Å². The van der Waals surface area contributed by atoms with Crippen LogP contribution in [0.15, 0.2) is 48.5 Å². The number of benzene rings is 2. The summed E-state index contributed by atoms with van der Waals surface area (Å²) in [6.45, 7) is 7.12. The summed E-state index contributed by atoms with van der Waals surface area (Å²) in [5, 5.41) is 2.88. The fourth-order valence-electron chi connectivity index (χ4n) is 4.11. The summed E-state index contributed by atoms with van der Waals surface area (Å²) in [6, 6.07) is 11.6. The number of hydrogen-bond acceptors (Lipinski definition) is 3. The van der Waals surface area contributed by atoms with Crippen molar-refractivity contribution < 1.29 is 27.5 Å². The van der Waals surface area contributed by atoms with E-state index in [4.69, 9.17) is 4.74 Å². The number of ether oxygens (including phenoxy) is 1. The molecule has 0 spiro atoms. The Morgan fingerprint density at radius 1 is 1.15 bits per heavy atom. The van der Waals surface area contributed by atoms with E-state index in [9.17, 15) is 22.8 Å². The Hall–Kier alpha value is -3.09. The molecule has 0 aromatic heterocycles. The Kier molecular flexibility index (Phi) is 7.54. The number of alkyl carbamates (subject to hydrolysis) is 1. The molecule has 1 amide bonds. The molecule has 0 radical (unpaired) electrons. The zero-order chi connectivity index (χ0) is 25.1. The zero-order valence-corrected chi connectivity index (χ0v) is 19.8. The second kappa shape index (κ2) is 10.0. The van der Waals surface area contributed by atoms with Gasteiger partial charge in [-0.15, -0.1) is 0 Å². The van der Waals surface area contributed by atoms with Crippen molar-refractivity contribution >= 4 is 18.0 Å². The summed E-state index contributed by atoms with van der Waals surface area (Å²) in [5.74, 6) is -2.43. The Morgan fingerprint density at radius 3 is 2.53 bits per heavy atom. The third kappa shape index (κ3) is 6.95. The maximum Gasteiger partial charge on any atom is 0.408 e. The number of amides is 1. The minimum absolute atomic E-state index is 0.0929. The largest absolute Gasteiger partial charge is 0.444 e. The molecule has 4 nitrogen and oxygen atoms in total. The number of alkyl halides is 3. The molecule has 2 aromatic rings. The number of aryl methyl sites for hydroxylation is 2. The van der Waals surface area contributed by atoms with Gasteiger partial charge in [0.1, 0.15) is 5.60 Å². The van der Waals surface area contributed by atoms with Crippen LogP contribution in [0.5, 0.6) is 0 Å². The highest BCUT2D eigenvalue weighted by atomic mass is 19.4. The van der Waals surface area contributed by atoms with Crippen LogP contribution in [0.25, 0.3) is 6.08 Å². The second-order valence-electron chi connectivity index (χ2n) is 9.71. The molecule has 7 heteroatoms.